The van der Waals surface area contributed by atoms with Crippen molar-refractivity contribution < 1.29 is 27.5 Å². The number of aromatic nitrogens is 1. The fourth-order valence-corrected chi connectivity index (χ4v) is 7.85. The number of thiophene rings is 1. The molecule has 210 valence electrons. The molecule has 0 spiro atoms. The molecule has 1 atom stereocenters. The van der Waals surface area contributed by atoms with Crippen LogP contribution in [0.25, 0.3) is 10.6 Å². The molecule has 1 N–H and O–H groups in total. The highest BCUT2D eigenvalue weighted by atomic mass is 79.9. The first-order valence-electron chi connectivity index (χ1n) is 11.6. The molecule has 1 amide bonds. The monoisotopic (exact) mass is 650 g/mol. The summed E-state index contributed by atoms with van der Waals surface area (Å²) in [6, 6.07) is 5.10. The van der Waals surface area contributed by atoms with Crippen LogP contribution in [0.15, 0.2) is 27.8 Å². The second-order valence-corrected chi connectivity index (χ2v) is 15.5. The van der Waals surface area contributed by atoms with E-state index in [0.29, 0.717) is 20.1 Å². The standard InChI is InChI=1S/C24H32BrClN4O6S2/c1-22(2,3)35-20(31)27-19-28-24(7,12-38(33,34)13-29(19)8)18-14(26)11-16(37-18)15-9-10-17(25)30(15)21(32)36-23(4,5)6/h9-11H,12-13H2,1-8H3,(H,27,28,31)/t24-/m0/s1. The summed E-state index contributed by atoms with van der Waals surface area (Å²) in [5, 5.41) is 2.85. The van der Waals surface area contributed by atoms with E-state index in [2.05, 4.69) is 26.2 Å². The lowest BCUT2D eigenvalue weighted by Crippen LogP contribution is -2.45. The molecular weight excluding hydrogens is 620 g/mol. The van der Waals surface area contributed by atoms with Crippen molar-refractivity contribution >= 4 is 66.9 Å². The van der Waals surface area contributed by atoms with Crippen LogP contribution >= 0.6 is 38.9 Å². The number of hydrogen-bond donors (Lipinski definition) is 1. The number of amides is 1. The first-order valence-corrected chi connectivity index (χ1v) is 15.4. The molecule has 10 nitrogen and oxygen atoms in total. The number of ether oxygens (including phenoxy) is 2. The van der Waals surface area contributed by atoms with E-state index < -0.39 is 38.8 Å². The van der Waals surface area contributed by atoms with Crippen molar-refractivity contribution in [3.63, 3.8) is 0 Å². The maximum absolute atomic E-state index is 13.0. The SMILES string of the molecule is CN1CS(=O)(=O)C[C@@](C)(c2sc(-c3ccc(Br)n3C(=O)OC(C)(C)C)cc2Cl)N=C1NC(=O)OC(C)(C)C. The van der Waals surface area contributed by atoms with Crippen molar-refractivity contribution in [3.8, 4) is 10.6 Å². The minimum absolute atomic E-state index is 0.0358. The fourth-order valence-electron chi connectivity index (χ4n) is 3.78. The molecule has 3 rings (SSSR count). The van der Waals surface area contributed by atoms with E-state index in [1.165, 1.54) is 27.9 Å². The molecule has 0 bridgehead atoms. The van der Waals surface area contributed by atoms with Crippen molar-refractivity contribution in [2.45, 2.75) is 65.2 Å². The van der Waals surface area contributed by atoms with Gasteiger partial charge in [0.05, 0.1) is 30.8 Å². The quantitative estimate of drug-likeness (QED) is 0.434. The van der Waals surface area contributed by atoms with Crippen LogP contribution in [0.4, 0.5) is 9.59 Å². The number of nitrogens with one attached hydrogen (secondary N) is 1. The van der Waals surface area contributed by atoms with Crippen LogP contribution in [0.1, 0.15) is 53.3 Å². The minimum atomic E-state index is -3.66. The van der Waals surface area contributed by atoms with Gasteiger partial charge in [-0.05, 0) is 82.6 Å². The third-order valence-corrected chi connectivity index (χ3v) is 9.28. The van der Waals surface area contributed by atoms with Crippen molar-refractivity contribution in [1.82, 2.24) is 14.8 Å². The second-order valence-electron chi connectivity index (χ2n) is 11.2. The van der Waals surface area contributed by atoms with E-state index in [-0.39, 0.29) is 22.6 Å². The fraction of sp³-hybridized carbons (Fsp3) is 0.542. The van der Waals surface area contributed by atoms with E-state index in [4.69, 9.17) is 21.1 Å². The lowest BCUT2D eigenvalue weighted by molar-refractivity contribution is 0.0531. The minimum Gasteiger partial charge on any atom is -0.444 e. The topological polar surface area (TPSA) is 119 Å². The molecule has 0 unspecified atom stereocenters. The largest absolute Gasteiger partial charge is 0.444 e. The maximum atomic E-state index is 13.0. The zero-order valence-electron chi connectivity index (χ0n) is 22.5. The average molecular weight is 652 g/mol. The predicted octanol–water partition coefficient (Wildman–Crippen LogP) is 5.83. The molecule has 0 saturated carbocycles. The van der Waals surface area contributed by atoms with Crippen LogP contribution in [0.2, 0.25) is 5.02 Å². The molecule has 1 aliphatic rings. The second kappa shape index (κ2) is 10.5. The Morgan fingerprint density at radius 2 is 1.76 bits per heavy atom. The molecule has 0 aromatic carbocycles. The predicted molar refractivity (Wildman–Crippen MR) is 153 cm³/mol. The Bertz CT molecular complexity index is 1390. The van der Waals surface area contributed by atoms with E-state index in [0.717, 1.165) is 0 Å². The molecule has 2 aromatic rings. The average Bonchev–Trinajstić information content (AvgIpc) is 3.24. The Kier molecular flexibility index (Phi) is 8.39. The Balaban J connectivity index is 2.08. The highest BCUT2D eigenvalue weighted by Crippen LogP contribution is 2.44. The Morgan fingerprint density at radius 3 is 2.34 bits per heavy atom. The summed E-state index contributed by atoms with van der Waals surface area (Å²) in [6.45, 7) is 12.1. The van der Waals surface area contributed by atoms with Gasteiger partial charge in [0, 0.05) is 7.05 Å². The lowest BCUT2D eigenvalue weighted by Gasteiger charge is -2.25. The summed E-state index contributed by atoms with van der Waals surface area (Å²) in [6.07, 6.45) is -1.34. The van der Waals surface area contributed by atoms with E-state index in [9.17, 15) is 18.0 Å². The molecule has 14 heteroatoms. The number of halogens is 2. The van der Waals surface area contributed by atoms with Gasteiger partial charge >= 0.3 is 12.2 Å². The number of carbonyl (C=O) groups is 2. The lowest BCUT2D eigenvalue weighted by atomic mass is 10.0. The van der Waals surface area contributed by atoms with Crippen molar-refractivity contribution in [2.75, 3.05) is 18.7 Å². The van der Waals surface area contributed by atoms with E-state index in [1.54, 1.807) is 66.7 Å². The number of rotatable bonds is 2. The molecule has 0 aliphatic carbocycles. The Morgan fingerprint density at radius 1 is 1.16 bits per heavy atom. The van der Waals surface area contributed by atoms with Gasteiger partial charge in [-0.1, -0.05) is 11.6 Å². The summed E-state index contributed by atoms with van der Waals surface area (Å²) in [4.78, 5) is 32.5. The summed E-state index contributed by atoms with van der Waals surface area (Å²) < 4.78 is 38.8. The van der Waals surface area contributed by atoms with Gasteiger partial charge in [0.15, 0.2) is 9.84 Å². The number of hydrogen-bond acceptors (Lipinski definition) is 9. The summed E-state index contributed by atoms with van der Waals surface area (Å²) in [5.41, 5.74) is -2.30. The molecule has 2 aromatic heterocycles. The van der Waals surface area contributed by atoms with Crippen molar-refractivity contribution in [3.05, 3.63) is 32.7 Å². The molecule has 1 aliphatic heterocycles. The van der Waals surface area contributed by atoms with Gasteiger partial charge in [-0.15, -0.1) is 11.3 Å². The number of carbonyl (C=O) groups excluding carboxylic acids is 2. The van der Waals surface area contributed by atoms with Gasteiger partial charge in [-0.25, -0.2) is 27.6 Å². The van der Waals surface area contributed by atoms with E-state index in [1.807, 2.05) is 0 Å². The van der Waals surface area contributed by atoms with Crippen molar-refractivity contribution in [2.24, 2.45) is 4.99 Å². The van der Waals surface area contributed by atoms with Crippen LogP contribution in [0.5, 0.6) is 0 Å². The van der Waals surface area contributed by atoms with Gasteiger partial charge in [-0.2, -0.15) is 0 Å². The summed E-state index contributed by atoms with van der Waals surface area (Å²) in [5.74, 6) is -0.671. The van der Waals surface area contributed by atoms with Crippen LogP contribution in [-0.2, 0) is 24.8 Å². The maximum Gasteiger partial charge on any atom is 0.419 e. The zero-order valence-corrected chi connectivity index (χ0v) is 26.5. The number of alkyl carbamates (subject to hydrolysis) is 1. The van der Waals surface area contributed by atoms with Crippen LogP contribution in [0, 0.1) is 0 Å². The van der Waals surface area contributed by atoms with Gasteiger partial charge in [0.2, 0.25) is 5.96 Å². The van der Waals surface area contributed by atoms with Crippen LogP contribution in [-0.4, -0.2) is 65.9 Å². The highest BCUT2D eigenvalue weighted by molar-refractivity contribution is 9.10. The van der Waals surface area contributed by atoms with E-state index >= 15 is 0 Å². The molecular formula is C24H32BrClN4O6S2. The smallest absolute Gasteiger partial charge is 0.419 e. The van der Waals surface area contributed by atoms with Gasteiger partial charge in [-0.3, -0.25) is 5.32 Å². The number of guanidine groups is 1. The number of sulfone groups is 1. The molecule has 3 heterocycles. The third-order valence-electron chi connectivity index (χ3n) is 5.06. The Labute approximate surface area is 240 Å². The number of aliphatic imine (C=N–C) groups is 1. The van der Waals surface area contributed by atoms with Crippen LogP contribution < -0.4 is 5.32 Å². The van der Waals surface area contributed by atoms with Gasteiger partial charge in [0.25, 0.3) is 0 Å². The first-order chi connectivity index (χ1) is 17.2. The van der Waals surface area contributed by atoms with Crippen molar-refractivity contribution in [1.29, 1.82) is 0 Å². The highest BCUT2D eigenvalue weighted by Gasteiger charge is 2.41. The molecule has 0 fully saturated rings. The molecule has 0 radical (unpaired) electrons. The van der Waals surface area contributed by atoms with Gasteiger partial charge < -0.3 is 14.4 Å². The number of nitrogens with zero attached hydrogens (tertiary/aromatic N) is 3. The van der Waals surface area contributed by atoms with Gasteiger partial charge in [0.1, 0.15) is 22.6 Å². The molecule has 0 saturated heterocycles. The normalized spacial score (nSPS) is 19.9. The third kappa shape index (κ3) is 7.30. The first kappa shape index (κ1) is 30.5. The summed E-state index contributed by atoms with van der Waals surface area (Å²) in [7, 11) is -2.14. The zero-order chi connectivity index (χ0) is 28.8. The Hall–Kier alpha value is -2.09. The molecule has 38 heavy (non-hydrogen) atoms. The summed E-state index contributed by atoms with van der Waals surface area (Å²) >= 11 is 11.3. The van der Waals surface area contributed by atoms with Crippen LogP contribution in [0.3, 0.4) is 0 Å².